The number of methoxy groups -OCH3 is 1. The summed E-state index contributed by atoms with van der Waals surface area (Å²) in [5.74, 6) is 0.513. The summed E-state index contributed by atoms with van der Waals surface area (Å²) in [5.41, 5.74) is 0.562. The van der Waals surface area contributed by atoms with Gasteiger partial charge in [0.05, 0.1) is 36.1 Å². The van der Waals surface area contributed by atoms with Gasteiger partial charge < -0.3 is 19.6 Å². The number of aromatic nitrogens is 2. The number of piperazine rings is 1. The van der Waals surface area contributed by atoms with E-state index in [1.54, 1.807) is 13.3 Å². The average molecular weight is 499 g/mol. The van der Waals surface area contributed by atoms with Crippen LogP contribution in [-0.4, -0.2) is 54.1 Å². The van der Waals surface area contributed by atoms with Crippen LogP contribution in [0.15, 0.2) is 35.3 Å². The molecule has 2 heterocycles. The monoisotopic (exact) mass is 498 g/mol. The number of carboxylic acid groups (broad SMARTS) is 1. The molecule has 35 heavy (non-hydrogen) atoms. The van der Waals surface area contributed by atoms with Crippen molar-refractivity contribution in [1.82, 2.24) is 9.78 Å². The van der Waals surface area contributed by atoms with Crippen molar-refractivity contribution in [3.63, 3.8) is 0 Å². The molecule has 0 spiro atoms. The van der Waals surface area contributed by atoms with Crippen molar-refractivity contribution in [3.05, 3.63) is 45.8 Å². The van der Waals surface area contributed by atoms with Crippen LogP contribution in [0.4, 0.5) is 11.4 Å². The first kappa shape index (κ1) is 22.7. The molecule has 5 aliphatic rings. The topological polar surface area (TPSA) is 87.9 Å². The standard InChI is InChI=1S/C26H31ClN4O4/c1-35-21-5-3-2-4-19(21)29-6-8-30(9-7-29)20-15-28-31(24(32)23(20)27)26-13-16-10-17(14-26)12-18(11-16)22(26)25(33)34/h2-5,15-18,22H,6-14H2,1H3,(H,33,34)/t16-,17+,18?,22-,26?/m0/s1. The first-order chi connectivity index (χ1) is 16.9. The first-order valence-electron chi connectivity index (χ1n) is 12.6. The number of hydrogen-bond donors (Lipinski definition) is 1. The molecule has 2 aromatic rings. The van der Waals surface area contributed by atoms with Crippen molar-refractivity contribution in [1.29, 1.82) is 0 Å². The molecule has 1 aliphatic heterocycles. The highest BCUT2D eigenvalue weighted by Crippen LogP contribution is 2.61. The van der Waals surface area contributed by atoms with E-state index in [4.69, 9.17) is 16.3 Å². The summed E-state index contributed by atoms with van der Waals surface area (Å²) < 4.78 is 6.98. The zero-order valence-corrected chi connectivity index (χ0v) is 20.7. The lowest BCUT2D eigenvalue weighted by Crippen LogP contribution is -2.63. The Morgan fingerprint density at radius 2 is 1.69 bits per heavy atom. The molecule has 1 N–H and O–H groups in total. The largest absolute Gasteiger partial charge is 0.495 e. The van der Waals surface area contributed by atoms with Crippen LogP contribution in [0.25, 0.3) is 0 Å². The average Bonchev–Trinajstić information content (AvgIpc) is 2.85. The highest BCUT2D eigenvalue weighted by Gasteiger charge is 2.61. The summed E-state index contributed by atoms with van der Waals surface area (Å²) in [4.78, 5) is 30.3. The molecule has 1 aromatic carbocycles. The minimum Gasteiger partial charge on any atom is -0.495 e. The van der Waals surface area contributed by atoms with Gasteiger partial charge in [-0.05, 0) is 62.0 Å². The lowest BCUT2D eigenvalue weighted by molar-refractivity contribution is -0.168. The highest BCUT2D eigenvalue weighted by molar-refractivity contribution is 6.33. The van der Waals surface area contributed by atoms with Crippen molar-refractivity contribution in [2.75, 3.05) is 43.1 Å². The maximum Gasteiger partial charge on any atom is 0.309 e. The third-order valence-corrected chi connectivity index (χ3v) is 9.26. The number of ether oxygens (including phenoxy) is 1. The van der Waals surface area contributed by atoms with Gasteiger partial charge in [0, 0.05) is 26.2 Å². The lowest BCUT2D eigenvalue weighted by Gasteiger charge is -2.59. The van der Waals surface area contributed by atoms with E-state index in [0.29, 0.717) is 43.5 Å². The van der Waals surface area contributed by atoms with E-state index < -0.39 is 17.4 Å². The summed E-state index contributed by atoms with van der Waals surface area (Å²) in [5, 5.41) is 14.9. The lowest BCUT2D eigenvalue weighted by atomic mass is 9.48. The molecule has 7 rings (SSSR count). The van der Waals surface area contributed by atoms with Crippen LogP contribution >= 0.6 is 11.6 Å². The molecule has 186 valence electrons. The van der Waals surface area contributed by atoms with Gasteiger partial charge in [-0.15, -0.1) is 0 Å². The van der Waals surface area contributed by atoms with E-state index in [9.17, 15) is 14.7 Å². The van der Waals surface area contributed by atoms with Gasteiger partial charge in [-0.2, -0.15) is 5.10 Å². The number of halogens is 1. The quantitative estimate of drug-likeness (QED) is 0.675. The second kappa shape index (κ2) is 8.43. The van der Waals surface area contributed by atoms with Gasteiger partial charge in [-0.25, -0.2) is 4.68 Å². The number of carboxylic acids is 1. The minimum absolute atomic E-state index is 0.119. The zero-order chi connectivity index (χ0) is 24.3. The Morgan fingerprint density at radius 1 is 1.06 bits per heavy atom. The van der Waals surface area contributed by atoms with Gasteiger partial charge in [0.1, 0.15) is 10.8 Å². The maximum atomic E-state index is 13.6. The van der Waals surface area contributed by atoms with Crippen molar-refractivity contribution in [2.24, 2.45) is 23.7 Å². The van der Waals surface area contributed by atoms with Crippen molar-refractivity contribution in [2.45, 2.75) is 37.6 Å². The van der Waals surface area contributed by atoms with Crippen LogP contribution < -0.4 is 20.1 Å². The van der Waals surface area contributed by atoms with Crippen LogP contribution in [0.1, 0.15) is 32.1 Å². The number of benzene rings is 1. The molecule has 4 saturated carbocycles. The fraction of sp³-hybridized carbons (Fsp3) is 0.577. The predicted octanol–water partition coefficient (Wildman–Crippen LogP) is 3.47. The summed E-state index contributed by atoms with van der Waals surface area (Å²) in [6.07, 6.45) is 6.13. The van der Waals surface area contributed by atoms with Gasteiger partial charge in [0.25, 0.3) is 5.56 Å². The molecule has 0 amide bonds. The Labute approximate surface area is 209 Å². The number of anilines is 2. The Balaban J connectivity index is 1.28. The summed E-state index contributed by atoms with van der Waals surface area (Å²) in [7, 11) is 1.67. The SMILES string of the molecule is COc1ccccc1N1CCN(c2cnn(C34C[C@@H]5CC(C[C@@H](C5)C3)[C@H]4C(=O)O)c(=O)c2Cl)CC1. The molecule has 4 aliphatic carbocycles. The van der Waals surface area contributed by atoms with Crippen LogP contribution in [0.3, 0.4) is 0 Å². The van der Waals surface area contributed by atoms with E-state index in [1.165, 1.54) is 4.68 Å². The zero-order valence-electron chi connectivity index (χ0n) is 19.9. The predicted molar refractivity (Wildman–Crippen MR) is 134 cm³/mol. The fourth-order valence-electron chi connectivity index (χ4n) is 7.77. The molecule has 5 fully saturated rings. The normalized spacial score (nSPS) is 31.6. The minimum atomic E-state index is -0.810. The number of aliphatic carboxylic acids is 1. The summed E-state index contributed by atoms with van der Waals surface area (Å²) in [6.45, 7) is 2.90. The molecule has 5 atom stereocenters. The molecule has 1 aromatic heterocycles. The van der Waals surface area contributed by atoms with Gasteiger partial charge >= 0.3 is 5.97 Å². The van der Waals surface area contributed by atoms with E-state index in [-0.39, 0.29) is 16.5 Å². The van der Waals surface area contributed by atoms with Crippen molar-refractivity contribution >= 4 is 28.9 Å². The Hall–Kier alpha value is -2.74. The van der Waals surface area contributed by atoms with Crippen molar-refractivity contribution < 1.29 is 14.6 Å². The number of carbonyl (C=O) groups is 1. The van der Waals surface area contributed by atoms with Crippen LogP contribution in [0.5, 0.6) is 5.75 Å². The second-order valence-corrected chi connectivity index (χ2v) is 11.1. The molecule has 4 bridgehead atoms. The number of para-hydroxylation sites is 2. The van der Waals surface area contributed by atoms with E-state index >= 15 is 0 Å². The first-order valence-corrected chi connectivity index (χ1v) is 12.9. The smallest absolute Gasteiger partial charge is 0.309 e. The molecule has 8 nitrogen and oxygen atoms in total. The van der Waals surface area contributed by atoms with Crippen LogP contribution in [0, 0.1) is 23.7 Å². The molecule has 0 radical (unpaired) electrons. The highest BCUT2D eigenvalue weighted by atomic mass is 35.5. The molecular formula is C26H31ClN4O4. The van der Waals surface area contributed by atoms with E-state index in [1.807, 2.05) is 18.2 Å². The van der Waals surface area contributed by atoms with Crippen LogP contribution in [-0.2, 0) is 10.3 Å². The van der Waals surface area contributed by atoms with E-state index in [0.717, 1.165) is 43.8 Å². The Morgan fingerprint density at radius 3 is 2.31 bits per heavy atom. The number of nitrogens with zero attached hydrogens (tertiary/aromatic N) is 4. The third-order valence-electron chi connectivity index (χ3n) is 8.91. The van der Waals surface area contributed by atoms with Gasteiger partial charge in [0.15, 0.2) is 0 Å². The van der Waals surface area contributed by atoms with Crippen molar-refractivity contribution in [3.8, 4) is 5.75 Å². The molecule has 2 unspecified atom stereocenters. The van der Waals surface area contributed by atoms with Gasteiger partial charge in [0.2, 0.25) is 0 Å². The maximum absolute atomic E-state index is 13.6. The Bertz CT molecular complexity index is 1190. The summed E-state index contributed by atoms with van der Waals surface area (Å²) in [6, 6.07) is 7.96. The van der Waals surface area contributed by atoms with E-state index in [2.05, 4.69) is 21.0 Å². The molecular weight excluding hydrogens is 468 g/mol. The fourth-order valence-corrected chi connectivity index (χ4v) is 8.02. The van der Waals surface area contributed by atoms with Gasteiger partial charge in [-0.3, -0.25) is 9.59 Å². The Kier molecular flexibility index (Phi) is 5.47. The second-order valence-electron chi connectivity index (χ2n) is 10.7. The van der Waals surface area contributed by atoms with Gasteiger partial charge in [-0.1, -0.05) is 23.7 Å². The summed E-state index contributed by atoms with van der Waals surface area (Å²) >= 11 is 6.70. The number of hydrogen-bond acceptors (Lipinski definition) is 6. The molecule has 1 saturated heterocycles. The third kappa shape index (κ3) is 3.51. The molecule has 9 heteroatoms. The number of rotatable bonds is 5. The van der Waals surface area contributed by atoms with Crippen LogP contribution in [0.2, 0.25) is 5.02 Å².